The fourth-order valence-corrected chi connectivity index (χ4v) is 3.19. The van der Waals surface area contributed by atoms with Gasteiger partial charge in [0.15, 0.2) is 0 Å². The van der Waals surface area contributed by atoms with E-state index in [0.29, 0.717) is 37.1 Å². The lowest BCUT2D eigenvalue weighted by Crippen LogP contribution is -2.36. The third kappa shape index (κ3) is 4.24. The van der Waals surface area contributed by atoms with Crippen molar-refractivity contribution in [2.45, 2.75) is 51.7 Å². The second kappa shape index (κ2) is 7.21. The average molecular weight is 354 g/mol. The minimum absolute atomic E-state index is 0.352. The first kappa shape index (κ1) is 19.5. The summed E-state index contributed by atoms with van der Waals surface area (Å²) in [6.45, 7) is 6.60. The van der Waals surface area contributed by atoms with Crippen molar-refractivity contribution < 1.29 is 10.2 Å². The molecule has 0 saturated heterocycles. The van der Waals surface area contributed by atoms with E-state index in [1.807, 2.05) is 16.8 Å². The van der Waals surface area contributed by atoms with Gasteiger partial charge in [-0.3, -0.25) is 14.3 Å². The zero-order valence-corrected chi connectivity index (χ0v) is 15.7. The molecule has 1 aliphatic rings. The highest BCUT2D eigenvalue weighted by molar-refractivity contribution is 5.71. The zero-order valence-electron chi connectivity index (χ0n) is 15.7. The summed E-state index contributed by atoms with van der Waals surface area (Å²) in [7, 11) is 3.49. The number of hydrogen-bond donors (Lipinski definition) is 3. The largest absolute Gasteiger partial charge is 0.390 e. The van der Waals surface area contributed by atoms with Crippen molar-refractivity contribution in [1.82, 2.24) is 9.55 Å². The highest BCUT2D eigenvalue weighted by atomic mass is 16.3. The van der Waals surface area contributed by atoms with Crippen LogP contribution >= 0.6 is 0 Å². The summed E-state index contributed by atoms with van der Waals surface area (Å²) >= 11 is 0. The molecule has 2 atom stereocenters. The predicted octanol–water partition coefficient (Wildman–Crippen LogP) is 0.226. The van der Waals surface area contributed by atoms with Crippen molar-refractivity contribution in [3.05, 3.63) is 20.8 Å². The Balaban J connectivity index is 2.00. The SMILES string of the molecule is CC(CCC(O)C(C)(C)O)CCN1CN(C)c2c1n(C)c(=O)[nH]c2=O. The summed E-state index contributed by atoms with van der Waals surface area (Å²) in [5, 5.41) is 19.7. The van der Waals surface area contributed by atoms with Gasteiger partial charge < -0.3 is 20.0 Å². The van der Waals surface area contributed by atoms with Gasteiger partial charge >= 0.3 is 5.69 Å². The molecule has 0 amide bonds. The van der Waals surface area contributed by atoms with Crippen LogP contribution in [0.3, 0.4) is 0 Å². The van der Waals surface area contributed by atoms with E-state index in [1.165, 1.54) is 4.57 Å². The summed E-state index contributed by atoms with van der Waals surface area (Å²) in [5.74, 6) is 1.00. The van der Waals surface area contributed by atoms with Gasteiger partial charge in [0.25, 0.3) is 5.56 Å². The third-order valence-electron chi connectivity index (χ3n) is 4.97. The molecule has 25 heavy (non-hydrogen) atoms. The van der Waals surface area contributed by atoms with E-state index in [4.69, 9.17) is 0 Å². The number of nitrogens with one attached hydrogen (secondary N) is 1. The molecule has 2 rings (SSSR count). The summed E-state index contributed by atoms with van der Waals surface area (Å²) < 4.78 is 1.48. The van der Waals surface area contributed by atoms with E-state index in [0.717, 1.165) is 12.8 Å². The van der Waals surface area contributed by atoms with E-state index in [9.17, 15) is 19.8 Å². The van der Waals surface area contributed by atoms with Crippen LogP contribution in [-0.4, -0.2) is 51.7 Å². The minimum Gasteiger partial charge on any atom is -0.390 e. The van der Waals surface area contributed by atoms with Crippen LogP contribution < -0.4 is 21.0 Å². The number of aliphatic hydroxyl groups excluding tert-OH is 1. The molecule has 2 unspecified atom stereocenters. The predicted molar refractivity (Wildman–Crippen MR) is 98.2 cm³/mol. The van der Waals surface area contributed by atoms with E-state index in [-0.39, 0.29) is 5.56 Å². The highest BCUT2D eigenvalue weighted by Gasteiger charge is 2.30. The lowest BCUT2D eigenvalue weighted by molar-refractivity contribution is -0.0534. The van der Waals surface area contributed by atoms with Gasteiger partial charge in [0, 0.05) is 20.6 Å². The molecule has 0 radical (unpaired) electrons. The maximum Gasteiger partial charge on any atom is 0.329 e. The minimum atomic E-state index is -1.09. The van der Waals surface area contributed by atoms with Crippen molar-refractivity contribution in [2.75, 3.05) is 30.1 Å². The first-order chi connectivity index (χ1) is 11.5. The van der Waals surface area contributed by atoms with Crippen molar-refractivity contribution in [1.29, 1.82) is 0 Å². The van der Waals surface area contributed by atoms with Crippen LogP contribution in [0.1, 0.15) is 40.0 Å². The summed E-state index contributed by atoms with van der Waals surface area (Å²) in [5.41, 5.74) is -1.34. The number of anilines is 2. The number of H-pyrrole nitrogens is 1. The van der Waals surface area contributed by atoms with Crippen LogP contribution in [0.4, 0.5) is 11.5 Å². The Morgan fingerprint density at radius 1 is 1.20 bits per heavy atom. The normalized spacial score (nSPS) is 16.9. The van der Waals surface area contributed by atoms with Gasteiger partial charge in [-0.1, -0.05) is 6.92 Å². The number of fused-ring (bicyclic) bond motifs is 1. The van der Waals surface area contributed by atoms with Gasteiger partial charge in [0.2, 0.25) is 0 Å². The van der Waals surface area contributed by atoms with Gasteiger partial charge in [-0.25, -0.2) is 4.79 Å². The molecule has 142 valence electrons. The topological polar surface area (TPSA) is 102 Å². The number of aliphatic hydroxyl groups is 2. The van der Waals surface area contributed by atoms with Crippen LogP contribution in [-0.2, 0) is 7.05 Å². The Labute approximate surface area is 147 Å². The number of hydrogen-bond acceptors (Lipinski definition) is 6. The Kier molecular flexibility index (Phi) is 5.63. The number of aromatic amines is 1. The molecule has 1 aliphatic heterocycles. The molecule has 0 bridgehead atoms. The van der Waals surface area contributed by atoms with Crippen molar-refractivity contribution in [3.8, 4) is 0 Å². The smallest absolute Gasteiger partial charge is 0.329 e. The van der Waals surface area contributed by atoms with Crippen LogP contribution in [0, 0.1) is 5.92 Å². The average Bonchev–Trinajstić information content (AvgIpc) is 2.84. The Bertz CT molecular complexity index is 719. The molecule has 8 nitrogen and oxygen atoms in total. The molecular weight excluding hydrogens is 324 g/mol. The summed E-state index contributed by atoms with van der Waals surface area (Å²) in [4.78, 5) is 30.1. The van der Waals surface area contributed by atoms with Gasteiger partial charge in [0.05, 0.1) is 18.4 Å². The van der Waals surface area contributed by atoms with Crippen LogP contribution in [0.2, 0.25) is 0 Å². The van der Waals surface area contributed by atoms with Gasteiger partial charge in [-0.05, 0) is 39.0 Å². The molecule has 0 aliphatic carbocycles. The fraction of sp³-hybridized carbons (Fsp3) is 0.765. The Morgan fingerprint density at radius 3 is 2.44 bits per heavy atom. The number of rotatable bonds is 7. The molecule has 0 fully saturated rings. The maximum atomic E-state index is 12.1. The van der Waals surface area contributed by atoms with E-state index in [1.54, 1.807) is 20.9 Å². The highest BCUT2D eigenvalue weighted by Crippen LogP contribution is 2.30. The van der Waals surface area contributed by atoms with Crippen LogP contribution in [0.25, 0.3) is 0 Å². The van der Waals surface area contributed by atoms with Gasteiger partial charge in [-0.15, -0.1) is 0 Å². The number of nitrogens with zero attached hydrogens (tertiary/aromatic N) is 3. The molecule has 0 aromatic carbocycles. The van der Waals surface area contributed by atoms with E-state index in [2.05, 4.69) is 11.9 Å². The quantitative estimate of drug-likeness (QED) is 0.648. The molecule has 0 spiro atoms. The van der Waals surface area contributed by atoms with Gasteiger partial charge in [-0.2, -0.15) is 0 Å². The lowest BCUT2D eigenvalue weighted by Gasteiger charge is -2.26. The molecular formula is C17H30N4O4. The monoisotopic (exact) mass is 354 g/mol. The second-order valence-electron chi connectivity index (χ2n) is 7.73. The third-order valence-corrected chi connectivity index (χ3v) is 4.97. The van der Waals surface area contributed by atoms with Crippen molar-refractivity contribution in [2.24, 2.45) is 13.0 Å². The molecule has 2 heterocycles. The van der Waals surface area contributed by atoms with Gasteiger partial charge in [0.1, 0.15) is 11.5 Å². The molecule has 3 N–H and O–H groups in total. The summed E-state index contributed by atoms with van der Waals surface area (Å²) in [6.07, 6.45) is 1.47. The van der Waals surface area contributed by atoms with Crippen molar-refractivity contribution >= 4 is 11.5 Å². The molecule has 1 aromatic heterocycles. The molecule has 8 heteroatoms. The zero-order chi connectivity index (χ0) is 18.9. The fourth-order valence-electron chi connectivity index (χ4n) is 3.19. The van der Waals surface area contributed by atoms with Crippen molar-refractivity contribution in [3.63, 3.8) is 0 Å². The molecule has 1 aromatic rings. The standard InChI is InChI=1S/C17H30N4O4/c1-11(6-7-12(22)17(2,3)25)8-9-21-10-19(4)13-14(23)18-16(24)20(5)15(13)21/h11-12,22,25H,6-10H2,1-5H3,(H,18,23,24). The first-order valence-electron chi connectivity index (χ1n) is 8.72. The van der Waals surface area contributed by atoms with E-state index < -0.39 is 17.4 Å². The second-order valence-corrected chi connectivity index (χ2v) is 7.73. The Morgan fingerprint density at radius 2 is 1.84 bits per heavy atom. The van der Waals surface area contributed by atoms with Crippen LogP contribution in [0.5, 0.6) is 0 Å². The van der Waals surface area contributed by atoms with Crippen LogP contribution in [0.15, 0.2) is 9.59 Å². The molecule has 0 saturated carbocycles. The number of aromatic nitrogens is 2. The lowest BCUT2D eigenvalue weighted by atomic mass is 9.92. The maximum absolute atomic E-state index is 12.1. The Hall–Kier alpha value is -1.80. The first-order valence-corrected chi connectivity index (χ1v) is 8.72. The summed E-state index contributed by atoms with van der Waals surface area (Å²) in [6, 6.07) is 0. The van der Waals surface area contributed by atoms with E-state index >= 15 is 0 Å².